The van der Waals surface area contributed by atoms with Gasteiger partial charge in [-0.2, -0.15) is 0 Å². The fraction of sp³-hybridized carbons (Fsp3) is 0.467. The van der Waals surface area contributed by atoms with Crippen LogP contribution in [0.5, 0.6) is 0 Å². The van der Waals surface area contributed by atoms with Crippen LogP contribution in [0.4, 0.5) is 0 Å². The van der Waals surface area contributed by atoms with E-state index in [9.17, 15) is 9.59 Å². The van der Waals surface area contributed by atoms with Gasteiger partial charge < -0.3 is 19.5 Å². The molecule has 2 amide bonds. The number of piperazine rings is 1. The number of fused-ring (bicyclic) bond motifs is 5. The van der Waals surface area contributed by atoms with Crippen LogP contribution in [-0.2, 0) is 26.3 Å². The Labute approximate surface area is 218 Å². The minimum absolute atomic E-state index is 0.00903. The Hall–Kier alpha value is -3.16. The van der Waals surface area contributed by atoms with Crippen LogP contribution in [-0.4, -0.2) is 84.0 Å². The zero-order chi connectivity index (χ0) is 25.6. The van der Waals surface area contributed by atoms with E-state index in [4.69, 9.17) is 4.74 Å². The first-order valence-corrected chi connectivity index (χ1v) is 13.6. The van der Waals surface area contributed by atoms with Crippen molar-refractivity contribution in [1.29, 1.82) is 0 Å². The molecule has 3 aromatic rings. The van der Waals surface area contributed by atoms with Crippen molar-refractivity contribution >= 4 is 22.7 Å². The number of aryl methyl sites for hydroxylation is 1. The van der Waals surface area contributed by atoms with Crippen molar-refractivity contribution in [2.45, 2.75) is 38.1 Å². The number of carbonyl (C=O) groups excluding carboxylic acids is 2. The molecule has 2 fully saturated rings. The number of para-hydroxylation sites is 1. The number of aromatic amines is 1. The predicted molar refractivity (Wildman–Crippen MR) is 143 cm³/mol. The minimum Gasteiger partial charge on any atom is -0.379 e. The van der Waals surface area contributed by atoms with E-state index in [1.807, 2.05) is 24.0 Å². The summed E-state index contributed by atoms with van der Waals surface area (Å²) >= 11 is 0. The molecule has 7 heteroatoms. The van der Waals surface area contributed by atoms with Crippen molar-refractivity contribution in [3.05, 3.63) is 70.9 Å². The Balaban J connectivity index is 1.36. The summed E-state index contributed by atoms with van der Waals surface area (Å²) in [6, 6.07) is 17.0. The normalized spacial score (nSPS) is 24.4. The minimum atomic E-state index is -1.04. The van der Waals surface area contributed by atoms with E-state index in [0.29, 0.717) is 13.1 Å². The van der Waals surface area contributed by atoms with Crippen LogP contribution in [0.1, 0.15) is 48.6 Å². The van der Waals surface area contributed by atoms with Crippen LogP contribution in [0.2, 0.25) is 0 Å². The Morgan fingerprint density at radius 3 is 2.54 bits per heavy atom. The molecule has 0 radical (unpaired) electrons. The maximum absolute atomic E-state index is 14.2. The van der Waals surface area contributed by atoms with Crippen molar-refractivity contribution in [1.82, 2.24) is 19.7 Å². The Bertz CT molecular complexity index is 1310. The van der Waals surface area contributed by atoms with Crippen LogP contribution < -0.4 is 0 Å². The molecule has 3 aliphatic rings. The van der Waals surface area contributed by atoms with Gasteiger partial charge in [-0.25, -0.2) is 0 Å². The summed E-state index contributed by atoms with van der Waals surface area (Å²) in [5, 5.41) is 1.13. The van der Waals surface area contributed by atoms with E-state index in [-0.39, 0.29) is 24.3 Å². The molecular weight excluding hydrogens is 464 g/mol. The van der Waals surface area contributed by atoms with Gasteiger partial charge in [-0.05, 0) is 42.5 Å². The van der Waals surface area contributed by atoms with E-state index in [2.05, 4.69) is 53.2 Å². The van der Waals surface area contributed by atoms with E-state index in [1.54, 1.807) is 4.90 Å². The first-order valence-electron chi connectivity index (χ1n) is 13.6. The first kappa shape index (κ1) is 24.2. The van der Waals surface area contributed by atoms with Crippen molar-refractivity contribution in [2.75, 3.05) is 52.5 Å². The van der Waals surface area contributed by atoms with Crippen LogP contribution in [0, 0.1) is 0 Å². The number of morpholine rings is 1. The zero-order valence-corrected chi connectivity index (χ0v) is 21.8. The number of nitrogens with one attached hydrogen (secondary N) is 1. The lowest BCUT2D eigenvalue weighted by molar-refractivity contribution is -0.166. The average molecular weight is 501 g/mol. The van der Waals surface area contributed by atoms with Gasteiger partial charge in [-0.15, -0.1) is 0 Å². The predicted octanol–water partition coefficient (Wildman–Crippen LogP) is 3.48. The molecule has 194 valence electrons. The molecule has 6 rings (SSSR count). The number of nitrogens with zero attached hydrogens (tertiary/aromatic N) is 3. The van der Waals surface area contributed by atoms with Crippen LogP contribution in [0.25, 0.3) is 10.9 Å². The molecule has 1 aromatic heterocycles. The van der Waals surface area contributed by atoms with Crippen molar-refractivity contribution < 1.29 is 14.3 Å². The highest BCUT2D eigenvalue weighted by molar-refractivity contribution is 6.01. The number of hydrogen-bond acceptors (Lipinski definition) is 4. The van der Waals surface area contributed by atoms with Crippen molar-refractivity contribution in [3.8, 4) is 0 Å². The molecule has 2 atom stereocenters. The Morgan fingerprint density at radius 1 is 1.03 bits per heavy atom. The van der Waals surface area contributed by atoms with Crippen LogP contribution >= 0.6 is 0 Å². The highest BCUT2D eigenvalue weighted by atomic mass is 16.5. The van der Waals surface area contributed by atoms with Gasteiger partial charge in [0.2, 0.25) is 5.91 Å². The summed E-state index contributed by atoms with van der Waals surface area (Å²) in [6.45, 7) is 9.62. The van der Waals surface area contributed by atoms with E-state index in [1.165, 1.54) is 11.1 Å². The molecule has 1 N–H and O–H groups in total. The summed E-state index contributed by atoms with van der Waals surface area (Å²) < 4.78 is 5.45. The number of H-pyrrole nitrogens is 1. The molecule has 3 aliphatic heterocycles. The molecule has 2 saturated heterocycles. The molecular formula is C30H36N4O3. The quantitative estimate of drug-likeness (QED) is 0.563. The standard InChI is InChI=1S/C30H36N4O3/c1-3-21-9-11-22(12-10-21)24-19-34-26(35)20-33(14-6-13-32-15-17-37-18-16-32)29(36)30(34,2)28-27(24)23-7-4-5-8-25(23)31-28/h4-5,7-12,24,31H,3,6,13-20H2,1-2H3/t24-,30+/m1/s1. The van der Waals surface area contributed by atoms with Crippen molar-refractivity contribution in [3.63, 3.8) is 0 Å². The van der Waals surface area contributed by atoms with Crippen LogP contribution in [0.15, 0.2) is 48.5 Å². The third kappa shape index (κ3) is 4.05. The largest absolute Gasteiger partial charge is 0.379 e. The fourth-order valence-electron chi connectivity index (χ4n) is 6.45. The number of amides is 2. The van der Waals surface area contributed by atoms with E-state index < -0.39 is 5.54 Å². The van der Waals surface area contributed by atoms with Gasteiger partial charge in [0, 0.05) is 49.5 Å². The monoisotopic (exact) mass is 500 g/mol. The molecule has 4 heterocycles. The summed E-state index contributed by atoms with van der Waals surface area (Å²) in [7, 11) is 0. The SMILES string of the molecule is CCc1ccc([C@H]2CN3C(=O)CN(CCCN4CCOCC4)C(=O)[C@]3(C)c3[nH]c4ccccc4c32)cc1. The fourth-order valence-corrected chi connectivity index (χ4v) is 6.45. The highest BCUT2D eigenvalue weighted by Crippen LogP contribution is 2.48. The molecule has 0 unspecified atom stereocenters. The lowest BCUT2D eigenvalue weighted by Crippen LogP contribution is -2.67. The molecule has 0 saturated carbocycles. The number of ether oxygens (including phenoxy) is 1. The average Bonchev–Trinajstić information content (AvgIpc) is 3.33. The van der Waals surface area contributed by atoms with Gasteiger partial charge in [-0.3, -0.25) is 14.5 Å². The lowest BCUT2D eigenvalue weighted by Gasteiger charge is -2.51. The molecule has 37 heavy (non-hydrogen) atoms. The first-order chi connectivity index (χ1) is 18.0. The molecule has 0 aliphatic carbocycles. The van der Waals surface area contributed by atoms with Crippen molar-refractivity contribution in [2.24, 2.45) is 0 Å². The Morgan fingerprint density at radius 2 is 1.78 bits per heavy atom. The lowest BCUT2D eigenvalue weighted by atomic mass is 9.76. The summed E-state index contributed by atoms with van der Waals surface area (Å²) in [6.07, 6.45) is 1.84. The maximum Gasteiger partial charge on any atom is 0.254 e. The van der Waals surface area contributed by atoms with Gasteiger partial charge in [0.05, 0.1) is 25.5 Å². The van der Waals surface area contributed by atoms with E-state index >= 15 is 0 Å². The van der Waals surface area contributed by atoms with Crippen LogP contribution in [0.3, 0.4) is 0 Å². The number of carbonyl (C=O) groups is 2. The second kappa shape index (κ2) is 9.62. The summed E-state index contributed by atoms with van der Waals surface area (Å²) in [5.74, 6) is 0.0457. The smallest absolute Gasteiger partial charge is 0.254 e. The van der Waals surface area contributed by atoms with Gasteiger partial charge in [-0.1, -0.05) is 49.4 Å². The van der Waals surface area contributed by atoms with E-state index in [0.717, 1.165) is 67.8 Å². The highest BCUT2D eigenvalue weighted by Gasteiger charge is 2.56. The molecule has 0 bridgehead atoms. The third-order valence-electron chi connectivity index (χ3n) is 8.61. The number of benzene rings is 2. The summed E-state index contributed by atoms with van der Waals surface area (Å²) in [4.78, 5) is 37.4. The van der Waals surface area contributed by atoms with Gasteiger partial charge in [0.15, 0.2) is 5.54 Å². The molecule has 2 aromatic carbocycles. The second-order valence-corrected chi connectivity index (χ2v) is 10.7. The van der Waals surface area contributed by atoms with Gasteiger partial charge in [0.25, 0.3) is 5.91 Å². The van der Waals surface area contributed by atoms with Gasteiger partial charge in [0.1, 0.15) is 0 Å². The topological polar surface area (TPSA) is 68.9 Å². The summed E-state index contributed by atoms with van der Waals surface area (Å²) in [5.41, 5.74) is 4.45. The number of aromatic nitrogens is 1. The number of rotatable bonds is 6. The maximum atomic E-state index is 14.2. The zero-order valence-electron chi connectivity index (χ0n) is 21.8. The molecule has 7 nitrogen and oxygen atoms in total. The third-order valence-corrected chi connectivity index (χ3v) is 8.61. The molecule has 0 spiro atoms. The second-order valence-electron chi connectivity index (χ2n) is 10.7. The number of hydrogen-bond donors (Lipinski definition) is 1. The Kier molecular flexibility index (Phi) is 6.29. The van der Waals surface area contributed by atoms with Gasteiger partial charge >= 0.3 is 0 Å².